The van der Waals surface area contributed by atoms with Crippen LogP contribution in [-0.2, 0) is 7.05 Å². The summed E-state index contributed by atoms with van der Waals surface area (Å²) in [5, 5.41) is 3.25. The fourth-order valence-electron chi connectivity index (χ4n) is 2.40. The quantitative estimate of drug-likeness (QED) is 0.719. The zero-order valence-corrected chi connectivity index (χ0v) is 13.7. The van der Waals surface area contributed by atoms with Crippen molar-refractivity contribution in [2.24, 2.45) is 12.0 Å². The highest BCUT2D eigenvalue weighted by Gasteiger charge is 2.13. The van der Waals surface area contributed by atoms with Crippen molar-refractivity contribution in [2.45, 2.75) is 5.03 Å². The first kappa shape index (κ1) is 13.8. The van der Waals surface area contributed by atoms with Crippen molar-refractivity contribution >= 4 is 45.3 Å². The van der Waals surface area contributed by atoms with E-state index in [1.54, 1.807) is 6.33 Å². The number of hydrogen-bond acceptors (Lipinski definition) is 5. The lowest BCUT2D eigenvalue weighted by Crippen LogP contribution is -1.92. The maximum atomic E-state index is 4.54. The number of para-hydroxylation sites is 1. The van der Waals surface area contributed by atoms with Gasteiger partial charge in [-0.25, -0.2) is 4.98 Å². The summed E-state index contributed by atoms with van der Waals surface area (Å²) in [6.45, 7) is 0.913. The Hall–Kier alpha value is -1.86. The Balaban J connectivity index is 1.62. The van der Waals surface area contributed by atoms with E-state index in [1.807, 2.05) is 29.6 Å². The van der Waals surface area contributed by atoms with Gasteiger partial charge in [0.1, 0.15) is 10.1 Å². The van der Waals surface area contributed by atoms with Gasteiger partial charge in [0.25, 0.3) is 0 Å². The monoisotopic (exact) mass is 329 g/mol. The van der Waals surface area contributed by atoms with Crippen molar-refractivity contribution < 1.29 is 0 Å². The summed E-state index contributed by atoms with van der Waals surface area (Å²) in [4.78, 5) is 12.3. The molecule has 0 bridgehead atoms. The van der Waals surface area contributed by atoms with E-state index in [9.17, 15) is 0 Å². The van der Waals surface area contributed by atoms with Crippen LogP contribution in [0.2, 0.25) is 0 Å². The van der Waals surface area contributed by atoms with Crippen LogP contribution in [0.3, 0.4) is 0 Å². The number of rotatable bonds is 4. The van der Waals surface area contributed by atoms with Crippen molar-refractivity contribution in [1.82, 2.24) is 14.5 Å². The molecule has 2 aromatic heterocycles. The Morgan fingerprint density at radius 1 is 1.41 bits per heavy atom. The van der Waals surface area contributed by atoms with E-state index in [0.717, 1.165) is 39.3 Å². The number of imidazole rings is 1. The van der Waals surface area contributed by atoms with Crippen molar-refractivity contribution in [3.8, 4) is 0 Å². The van der Waals surface area contributed by atoms with Gasteiger partial charge >= 0.3 is 0 Å². The second kappa shape index (κ2) is 5.73. The minimum Gasteiger partial charge on any atom is -0.351 e. The third kappa shape index (κ3) is 2.62. The third-order valence-corrected chi connectivity index (χ3v) is 5.17. The minimum absolute atomic E-state index is 0.913. The fourth-order valence-corrected chi connectivity index (χ4v) is 3.93. The Bertz CT molecular complexity index is 849. The summed E-state index contributed by atoms with van der Waals surface area (Å²) in [5.74, 6) is 1.07. The van der Waals surface area contributed by atoms with Crippen LogP contribution in [-0.4, -0.2) is 31.9 Å². The average molecular weight is 329 g/mol. The first-order chi connectivity index (χ1) is 10.8. The molecule has 112 valence electrons. The number of fused-ring (bicyclic) bond motifs is 1. The Kier molecular flexibility index (Phi) is 3.59. The van der Waals surface area contributed by atoms with Crippen LogP contribution in [0.5, 0.6) is 0 Å². The molecule has 2 N–H and O–H groups in total. The highest BCUT2D eigenvalue weighted by Crippen LogP contribution is 2.29. The number of anilines is 1. The molecule has 7 heteroatoms. The average Bonchev–Trinajstić information content (AvgIpc) is 3.24. The van der Waals surface area contributed by atoms with Gasteiger partial charge in [-0.2, -0.15) is 0 Å². The number of aryl methyl sites for hydroxylation is 1. The normalized spacial score (nSPS) is 14.5. The highest BCUT2D eigenvalue weighted by atomic mass is 32.2. The fraction of sp³-hybridized carbons (Fsp3) is 0.200. The molecule has 1 aliphatic rings. The van der Waals surface area contributed by atoms with Gasteiger partial charge in [-0.3, -0.25) is 4.99 Å². The number of aliphatic imine (C=N–C) groups is 1. The molecule has 22 heavy (non-hydrogen) atoms. The Morgan fingerprint density at radius 3 is 3.14 bits per heavy atom. The van der Waals surface area contributed by atoms with E-state index in [0.29, 0.717) is 0 Å². The van der Waals surface area contributed by atoms with E-state index in [1.165, 1.54) is 17.3 Å². The molecule has 0 spiro atoms. The van der Waals surface area contributed by atoms with Crippen LogP contribution in [0.25, 0.3) is 10.9 Å². The summed E-state index contributed by atoms with van der Waals surface area (Å²) in [5.41, 5.74) is 3.27. The molecule has 5 nitrogen and oxygen atoms in total. The summed E-state index contributed by atoms with van der Waals surface area (Å²) >= 11 is 3.32. The second-order valence-corrected chi connectivity index (χ2v) is 6.98. The van der Waals surface area contributed by atoms with Crippen molar-refractivity contribution in [1.29, 1.82) is 0 Å². The number of H-pyrrole nitrogens is 1. The Morgan fingerprint density at radius 2 is 2.36 bits per heavy atom. The number of hydrogen-bond donors (Lipinski definition) is 2. The lowest BCUT2D eigenvalue weighted by molar-refractivity contribution is 0.912. The van der Waals surface area contributed by atoms with E-state index < -0.39 is 0 Å². The molecule has 3 heterocycles. The molecular formula is C15H15N5S2. The molecule has 1 aromatic carbocycles. The van der Waals surface area contributed by atoms with Gasteiger partial charge in [0.05, 0.1) is 23.2 Å². The zero-order chi connectivity index (χ0) is 14.9. The molecule has 0 saturated carbocycles. The van der Waals surface area contributed by atoms with E-state index in [2.05, 4.69) is 43.9 Å². The first-order valence-corrected chi connectivity index (χ1v) is 8.80. The minimum atomic E-state index is 0.913. The molecule has 0 radical (unpaired) electrons. The lowest BCUT2D eigenvalue weighted by atomic mass is 10.2. The van der Waals surface area contributed by atoms with Gasteiger partial charge in [0.2, 0.25) is 0 Å². The predicted molar refractivity (Wildman–Crippen MR) is 94.8 cm³/mol. The molecule has 0 aliphatic carbocycles. The van der Waals surface area contributed by atoms with Crippen molar-refractivity contribution in [2.75, 3.05) is 17.0 Å². The Labute approximate surface area is 136 Å². The number of nitrogens with one attached hydrogen (secondary N) is 2. The third-order valence-electron chi connectivity index (χ3n) is 3.42. The molecule has 0 saturated heterocycles. The van der Waals surface area contributed by atoms with Crippen LogP contribution in [0, 0.1) is 0 Å². The number of aromatic nitrogens is 3. The molecule has 3 aromatic rings. The van der Waals surface area contributed by atoms with Crippen LogP contribution in [0.15, 0.2) is 46.8 Å². The van der Waals surface area contributed by atoms with Crippen molar-refractivity contribution in [3.63, 3.8) is 0 Å². The smallest absolute Gasteiger partial charge is 0.134 e. The maximum absolute atomic E-state index is 4.54. The summed E-state index contributed by atoms with van der Waals surface area (Å²) in [7, 11) is 1.97. The van der Waals surface area contributed by atoms with Gasteiger partial charge in [-0.15, -0.1) is 11.8 Å². The topological polar surface area (TPSA) is 58.0 Å². The van der Waals surface area contributed by atoms with Crippen LogP contribution in [0.4, 0.5) is 5.69 Å². The van der Waals surface area contributed by atoms with E-state index in [-0.39, 0.29) is 0 Å². The molecule has 1 aliphatic heterocycles. The van der Waals surface area contributed by atoms with Crippen molar-refractivity contribution in [3.05, 3.63) is 42.5 Å². The summed E-state index contributed by atoms with van der Waals surface area (Å²) < 4.78 is 5.32. The zero-order valence-electron chi connectivity index (χ0n) is 12.0. The van der Waals surface area contributed by atoms with Crippen LogP contribution >= 0.6 is 23.7 Å². The van der Waals surface area contributed by atoms with Crippen LogP contribution in [0.1, 0.15) is 5.69 Å². The van der Waals surface area contributed by atoms with Gasteiger partial charge in [0, 0.05) is 42.9 Å². The summed E-state index contributed by atoms with van der Waals surface area (Å²) in [6.07, 6.45) is 3.79. The maximum Gasteiger partial charge on any atom is 0.134 e. The van der Waals surface area contributed by atoms with Gasteiger partial charge in [-0.05, 0) is 12.1 Å². The molecule has 0 atom stereocenters. The van der Waals surface area contributed by atoms with E-state index >= 15 is 0 Å². The largest absolute Gasteiger partial charge is 0.351 e. The molecule has 0 unspecified atom stereocenters. The molecule has 0 fully saturated rings. The van der Waals surface area contributed by atoms with Crippen LogP contribution < -0.4 is 4.72 Å². The second-order valence-electron chi connectivity index (χ2n) is 5.07. The number of aromatic amines is 1. The van der Waals surface area contributed by atoms with E-state index in [4.69, 9.17) is 0 Å². The number of thioether (sulfide) groups is 1. The van der Waals surface area contributed by atoms with Gasteiger partial charge < -0.3 is 14.3 Å². The predicted octanol–water partition coefficient (Wildman–Crippen LogP) is 3.51. The standard InChI is InChI=1S/C15H15N5S2/c1-20-8-13(17-9-20)22-19-11-4-2-3-10-7-12(18-14(10)11)15-16-5-6-21-15/h2-4,7-9,18-19H,5-6H2,1H3. The first-order valence-electron chi connectivity index (χ1n) is 7.00. The molecule has 4 rings (SSSR count). The number of nitrogens with zero attached hydrogens (tertiary/aromatic N) is 3. The molecular weight excluding hydrogens is 314 g/mol. The van der Waals surface area contributed by atoms with Gasteiger partial charge in [0.15, 0.2) is 0 Å². The van der Waals surface area contributed by atoms with Gasteiger partial charge in [-0.1, -0.05) is 12.1 Å². The number of benzene rings is 1. The summed E-state index contributed by atoms with van der Waals surface area (Å²) in [6, 6.07) is 8.42. The SMILES string of the molecule is Cn1cnc(SNc2cccc3cc(C4=NCCS4)[nH]c23)c1. The lowest BCUT2D eigenvalue weighted by Gasteiger charge is -2.04. The highest BCUT2D eigenvalue weighted by molar-refractivity contribution is 8.14. The molecule has 0 amide bonds.